The number of rotatable bonds is 4. The second kappa shape index (κ2) is 9.04. The lowest BCUT2D eigenvalue weighted by molar-refractivity contribution is -0.136. The molecule has 31 heavy (non-hydrogen) atoms. The monoisotopic (exact) mass is 449 g/mol. The van der Waals surface area contributed by atoms with Crippen LogP contribution in [0, 0.1) is 24.7 Å². The minimum Gasteiger partial charge on any atom is -0.435 e. The van der Waals surface area contributed by atoms with Gasteiger partial charge in [-0.1, -0.05) is 13.8 Å². The maximum absolute atomic E-state index is 13.3. The van der Waals surface area contributed by atoms with Crippen molar-refractivity contribution in [1.82, 2.24) is 9.88 Å². The second-order valence-corrected chi connectivity index (χ2v) is 12.4. The van der Waals surface area contributed by atoms with Gasteiger partial charge in [0.05, 0.1) is 15.4 Å². The summed E-state index contributed by atoms with van der Waals surface area (Å²) in [5, 5.41) is 0. The molecule has 1 aliphatic heterocycles. The van der Waals surface area contributed by atoms with E-state index in [1.165, 1.54) is 25.7 Å². The van der Waals surface area contributed by atoms with Gasteiger partial charge in [-0.2, -0.15) is 4.36 Å². The molecule has 2 amide bonds. The Kier molecular flexibility index (Phi) is 6.56. The Morgan fingerprint density at radius 1 is 1.06 bits per heavy atom. The van der Waals surface area contributed by atoms with E-state index in [4.69, 9.17) is 4.42 Å². The molecule has 4 rings (SSSR count). The largest absolute Gasteiger partial charge is 0.435 e. The molecule has 172 valence electrons. The summed E-state index contributed by atoms with van der Waals surface area (Å²) in [7, 11) is -2.72. The molecular weight excluding hydrogens is 414 g/mol. The number of oxazole rings is 1. The fourth-order valence-electron chi connectivity index (χ4n) is 4.98. The zero-order valence-electron chi connectivity index (χ0n) is 19.0. The van der Waals surface area contributed by atoms with E-state index in [2.05, 4.69) is 9.35 Å². The lowest BCUT2D eigenvalue weighted by Gasteiger charge is -2.31. The molecule has 1 atom stereocenters. The molecule has 0 N–H and O–H groups in total. The molecule has 1 saturated heterocycles. The van der Waals surface area contributed by atoms with Crippen molar-refractivity contribution >= 4 is 21.5 Å². The van der Waals surface area contributed by atoms with Gasteiger partial charge >= 0.3 is 5.91 Å². The molecule has 0 bridgehead atoms. The Morgan fingerprint density at radius 2 is 1.71 bits per heavy atom. The molecule has 8 heteroatoms. The summed E-state index contributed by atoms with van der Waals surface area (Å²) in [6.45, 7) is 6.58. The summed E-state index contributed by atoms with van der Waals surface area (Å²) < 4.78 is 23.0. The number of aryl methyl sites for hydroxylation is 1. The first-order valence-electron chi connectivity index (χ1n) is 11.8. The van der Waals surface area contributed by atoms with Crippen molar-refractivity contribution in [2.24, 2.45) is 22.1 Å². The van der Waals surface area contributed by atoms with Crippen molar-refractivity contribution in [2.75, 3.05) is 24.6 Å². The van der Waals surface area contributed by atoms with Gasteiger partial charge in [0.15, 0.2) is 5.89 Å². The number of carbonyl (C=O) groups excluding carboxylic acids is 2. The van der Waals surface area contributed by atoms with Crippen LogP contribution < -0.4 is 0 Å². The van der Waals surface area contributed by atoms with E-state index in [0.29, 0.717) is 36.8 Å². The molecule has 0 spiro atoms. The molecule has 1 aromatic rings. The molecule has 7 nitrogen and oxygen atoms in total. The first-order chi connectivity index (χ1) is 14.8. The minimum atomic E-state index is -2.72. The summed E-state index contributed by atoms with van der Waals surface area (Å²) in [6.07, 6.45) is 7.66. The van der Waals surface area contributed by atoms with Gasteiger partial charge in [-0.3, -0.25) is 9.59 Å². The number of amides is 2. The third kappa shape index (κ3) is 5.21. The lowest BCUT2D eigenvalue weighted by Crippen LogP contribution is -2.39. The number of aromatic nitrogens is 1. The number of hydrogen-bond acceptors (Lipinski definition) is 5. The normalized spacial score (nSPS) is 29.6. The van der Waals surface area contributed by atoms with Crippen LogP contribution in [0.5, 0.6) is 0 Å². The molecular formula is C23H35N3O4S. The molecule has 3 fully saturated rings. The van der Waals surface area contributed by atoms with Crippen LogP contribution >= 0.6 is 0 Å². The van der Waals surface area contributed by atoms with E-state index in [9.17, 15) is 13.8 Å². The second-order valence-electron chi connectivity index (χ2n) is 9.83. The number of nitrogens with zero attached hydrogens (tertiary/aromatic N) is 3. The quantitative estimate of drug-likeness (QED) is 0.688. The van der Waals surface area contributed by atoms with Crippen LogP contribution in [0.3, 0.4) is 0 Å². The van der Waals surface area contributed by atoms with Crippen LogP contribution in [-0.2, 0) is 14.5 Å². The van der Waals surface area contributed by atoms with Crippen molar-refractivity contribution in [1.29, 1.82) is 0 Å². The van der Waals surface area contributed by atoms with Gasteiger partial charge < -0.3 is 9.32 Å². The van der Waals surface area contributed by atoms with Crippen LogP contribution in [0.4, 0.5) is 0 Å². The Bertz CT molecular complexity index is 948. The van der Waals surface area contributed by atoms with Gasteiger partial charge in [0, 0.05) is 36.4 Å². The predicted octanol–water partition coefficient (Wildman–Crippen LogP) is 4.16. The third-order valence-corrected chi connectivity index (χ3v) is 9.29. The molecule has 2 heterocycles. The van der Waals surface area contributed by atoms with E-state index in [-0.39, 0.29) is 29.3 Å². The maximum Gasteiger partial charge on any atom is 0.322 e. The van der Waals surface area contributed by atoms with Gasteiger partial charge in [0.1, 0.15) is 0 Å². The summed E-state index contributed by atoms with van der Waals surface area (Å²) in [5.41, 5.74) is 0.479. The summed E-state index contributed by atoms with van der Waals surface area (Å²) in [6, 6.07) is 0. The molecule has 0 radical (unpaired) electrons. The first kappa shape index (κ1) is 22.5. The molecule has 2 saturated carbocycles. The van der Waals surface area contributed by atoms with Gasteiger partial charge in [-0.25, -0.2) is 9.19 Å². The molecule has 1 unspecified atom stereocenters. The Hall–Kier alpha value is -1.70. The van der Waals surface area contributed by atoms with Crippen molar-refractivity contribution in [3.8, 4) is 0 Å². The molecule has 0 aromatic carbocycles. The Labute approximate surface area is 185 Å². The summed E-state index contributed by atoms with van der Waals surface area (Å²) >= 11 is 0. The van der Waals surface area contributed by atoms with Crippen molar-refractivity contribution in [2.45, 2.75) is 71.6 Å². The van der Waals surface area contributed by atoms with E-state index < -0.39 is 15.6 Å². The highest BCUT2D eigenvalue weighted by Gasteiger charge is 2.37. The zero-order valence-corrected chi connectivity index (χ0v) is 19.8. The molecule has 2 aliphatic carbocycles. The van der Waals surface area contributed by atoms with E-state index in [1.807, 2.05) is 18.7 Å². The van der Waals surface area contributed by atoms with E-state index in [1.54, 1.807) is 6.92 Å². The average molecular weight is 450 g/mol. The van der Waals surface area contributed by atoms with E-state index in [0.717, 1.165) is 24.7 Å². The van der Waals surface area contributed by atoms with Crippen molar-refractivity contribution in [3.05, 3.63) is 17.3 Å². The fraction of sp³-hybridized carbons (Fsp3) is 0.783. The smallest absolute Gasteiger partial charge is 0.322 e. The number of carbonyl (C=O) groups is 2. The topological polar surface area (TPSA) is 92.8 Å². The Balaban J connectivity index is 1.39. The molecule has 3 aliphatic rings. The highest BCUT2D eigenvalue weighted by molar-refractivity contribution is 7.93. The minimum absolute atomic E-state index is 0.0607. The van der Waals surface area contributed by atoms with Gasteiger partial charge in [0.2, 0.25) is 11.7 Å². The number of hydrogen-bond donors (Lipinski definition) is 0. The fourth-order valence-corrected chi connectivity index (χ4v) is 6.84. The van der Waals surface area contributed by atoms with Crippen LogP contribution in [-0.4, -0.2) is 50.5 Å². The highest BCUT2D eigenvalue weighted by Crippen LogP contribution is 2.45. The van der Waals surface area contributed by atoms with Crippen molar-refractivity contribution in [3.63, 3.8) is 0 Å². The highest BCUT2D eigenvalue weighted by atomic mass is 32.2. The zero-order chi connectivity index (χ0) is 22.2. The van der Waals surface area contributed by atoms with Gasteiger partial charge in [-0.05, 0) is 63.7 Å². The molecule has 1 aromatic heterocycles. The average Bonchev–Trinajstić information content (AvgIpc) is 3.53. The van der Waals surface area contributed by atoms with Crippen LogP contribution in [0.2, 0.25) is 0 Å². The summed E-state index contributed by atoms with van der Waals surface area (Å²) in [5.74, 6) is 2.66. The van der Waals surface area contributed by atoms with E-state index >= 15 is 0 Å². The Morgan fingerprint density at radius 3 is 2.29 bits per heavy atom. The standard InChI is InChI=1S/C23H35N3O4S/c1-15(2)22-24-16(3)20(30-22)21(27)25-31(29)13-4-11-26(12-14-31)23(28)19-9-7-18(8-10-19)17-5-6-17/h15,17-19H,4-14H2,1-3H3. The van der Waals surface area contributed by atoms with Gasteiger partial charge in [-0.15, -0.1) is 0 Å². The first-order valence-corrected chi connectivity index (χ1v) is 13.6. The van der Waals surface area contributed by atoms with Gasteiger partial charge in [0.25, 0.3) is 0 Å². The SMILES string of the molecule is Cc1nc(C(C)C)oc1C(=O)N=S1(=O)CCCN(C(=O)C2CCC(C3CC3)CC2)CC1. The summed E-state index contributed by atoms with van der Waals surface area (Å²) in [4.78, 5) is 31.9. The lowest BCUT2D eigenvalue weighted by atomic mass is 9.79. The van der Waals surface area contributed by atoms with Crippen LogP contribution in [0.25, 0.3) is 0 Å². The maximum atomic E-state index is 13.3. The van der Waals surface area contributed by atoms with Crippen LogP contribution in [0.1, 0.15) is 86.9 Å². The third-order valence-electron chi connectivity index (χ3n) is 7.04. The van der Waals surface area contributed by atoms with Crippen LogP contribution in [0.15, 0.2) is 8.78 Å². The predicted molar refractivity (Wildman–Crippen MR) is 119 cm³/mol. The van der Waals surface area contributed by atoms with Crippen molar-refractivity contribution < 1.29 is 18.2 Å².